The minimum atomic E-state index is -0.979. The lowest BCUT2D eigenvalue weighted by Crippen LogP contribution is -2.15. The van der Waals surface area contributed by atoms with Crippen molar-refractivity contribution in [1.29, 1.82) is 0 Å². The first kappa shape index (κ1) is 14.4. The Morgan fingerprint density at radius 3 is 2.55 bits per heavy atom. The Hall–Kier alpha value is -2.50. The van der Waals surface area contributed by atoms with E-state index in [0.29, 0.717) is 17.5 Å². The number of hydrogen-bond acceptors (Lipinski definition) is 3. The second-order valence-electron chi connectivity index (χ2n) is 5.37. The topological polar surface area (TPSA) is 51.2 Å². The normalized spacial score (nSPS) is 19.6. The Balaban J connectivity index is 1.63. The Morgan fingerprint density at radius 2 is 1.95 bits per heavy atom. The molecule has 1 aromatic carbocycles. The van der Waals surface area contributed by atoms with E-state index < -0.39 is 11.6 Å². The minimum Gasteiger partial charge on any atom is -0.456 e. The van der Waals surface area contributed by atoms with E-state index in [1.807, 2.05) is 6.92 Å². The van der Waals surface area contributed by atoms with Gasteiger partial charge in [0.1, 0.15) is 17.3 Å². The lowest BCUT2D eigenvalue weighted by atomic mass is 10.3. The van der Waals surface area contributed by atoms with Gasteiger partial charge in [-0.15, -0.1) is 0 Å². The van der Waals surface area contributed by atoms with E-state index in [1.165, 1.54) is 12.3 Å². The maximum absolute atomic E-state index is 13.1. The lowest BCUT2D eigenvalue weighted by Gasteiger charge is -2.07. The zero-order chi connectivity index (χ0) is 15.7. The summed E-state index contributed by atoms with van der Waals surface area (Å²) in [5.41, 5.74) is 0. The third-order valence-electron chi connectivity index (χ3n) is 3.56. The Labute approximate surface area is 126 Å². The molecular weight excluding hydrogens is 290 g/mol. The highest BCUT2D eigenvalue weighted by molar-refractivity contribution is 5.93. The average molecular weight is 304 g/mol. The zero-order valence-electron chi connectivity index (χ0n) is 11.8. The molecule has 1 saturated carbocycles. The number of carbonyl (C=O) groups is 1. The summed E-state index contributed by atoms with van der Waals surface area (Å²) in [5, 5.41) is 2.73. The van der Waals surface area contributed by atoms with Crippen LogP contribution in [0.25, 0.3) is 0 Å². The van der Waals surface area contributed by atoms with E-state index in [9.17, 15) is 13.6 Å². The fourth-order valence-electron chi connectivity index (χ4n) is 2.10. The van der Waals surface area contributed by atoms with Crippen LogP contribution in [0.3, 0.4) is 0 Å². The molecule has 1 fully saturated rings. The molecule has 1 aliphatic carbocycles. The number of amides is 1. The van der Waals surface area contributed by atoms with Crippen molar-refractivity contribution in [3.8, 4) is 11.5 Å². The van der Waals surface area contributed by atoms with Crippen molar-refractivity contribution in [2.45, 2.75) is 13.3 Å². The van der Waals surface area contributed by atoms with Crippen LogP contribution >= 0.6 is 0 Å². The van der Waals surface area contributed by atoms with Crippen molar-refractivity contribution < 1.29 is 18.3 Å². The van der Waals surface area contributed by atoms with E-state index in [2.05, 4.69) is 10.3 Å². The van der Waals surface area contributed by atoms with Gasteiger partial charge in [0.15, 0.2) is 11.6 Å². The molecule has 4 nitrogen and oxygen atoms in total. The summed E-state index contributed by atoms with van der Waals surface area (Å²) in [6.07, 6.45) is 2.32. The number of ether oxygens (including phenoxy) is 1. The summed E-state index contributed by atoms with van der Waals surface area (Å²) >= 11 is 0. The van der Waals surface area contributed by atoms with Gasteiger partial charge in [-0.1, -0.05) is 6.92 Å². The van der Waals surface area contributed by atoms with E-state index in [1.54, 1.807) is 12.1 Å². The van der Waals surface area contributed by atoms with Crippen molar-refractivity contribution >= 4 is 11.7 Å². The van der Waals surface area contributed by atoms with Crippen LogP contribution in [0.2, 0.25) is 0 Å². The predicted octanol–water partition coefficient (Wildman–Crippen LogP) is 3.75. The van der Waals surface area contributed by atoms with Crippen LogP contribution in [0.1, 0.15) is 13.3 Å². The number of rotatable bonds is 4. The second kappa shape index (κ2) is 5.71. The van der Waals surface area contributed by atoms with Crippen LogP contribution in [-0.4, -0.2) is 10.9 Å². The first-order valence-corrected chi connectivity index (χ1v) is 6.93. The van der Waals surface area contributed by atoms with E-state index in [-0.39, 0.29) is 17.6 Å². The summed E-state index contributed by atoms with van der Waals surface area (Å²) in [5.74, 6) is -0.481. The molecule has 2 atom stereocenters. The van der Waals surface area contributed by atoms with Crippen molar-refractivity contribution in [1.82, 2.24) is 4.98 Å². The molecule has 3 rings (SSSR count). The van der Waals surface area contributed by atoms with Gasteiger partial charge in [-0.25, -0.2) is 13.8 Å². The minimum absolute atomic E-state index is 0.0331. The molecular formula is C16H14F2N2O2. The predicted molar refractivity (Wildman–Crippen MR) is 76.6 cm³/mol. The molecule has 0 bridgehead atoms. The number of carbonyl (C=O) groups excluding carboxylic acids is 1. The SMILES string of the molecule is CC1C[C@@H]1C(=O)Nc1ccc(Oc2ccc(F)c(F)c2)cn1. The summed E-state index contributed by atoms with van der Waals surface area (Å²) in [7, 11) is 0. The number of hydrogen-bond donors (Lipinski definition) is 1. The number of benzene rings is 1. The standard InChI is InChI=1S/C16H14F2N2O2/c1-9-6-12(9)16(21)20-15-5-3-11(8-19-15)22-10-2-4-13(17)14(18)7-10/h2-5,7-9,12H,6H2,1H3,(H,19,20,21)/t9?,12-/m0/s1. The highest BCUT2D eigenvalue weighted by Crippen LogP contribution is 2.38. The first-order chi connectivity index (χ1) is 10.5. The Morgan fingerprint density at radius 1 is 1.23 bits per heavy atom. The largest absolute Gasteiger partial charge is 0.456 e. The van der Waals surface area contributed by atoms with Crippen LogP contribution in [0, 0.1) is 23.5 Å². The quantitative estimate of drug-likeness (QED) is 0.936. The fraction of sp³-hybridized carbons (Fsp3) is 0.250. The van der Waals surface area contributed by atoms with E-state index >= 15 is 0 Å². The molecule has 1 heterocycles. The van der Waals surface area contributed by atoms with Crippen LogP contribution < -0.4 is 10.1 Å². The molecule has 0 spiro atoms. The number of halogens is 2. The first-order valence-electron chi connectivity index (χ1n) is 6.93. The van der Waals surface area contributed by atoms with E-state index in [4.69, 9.17) is 4.74 Å². The smallest absolute Gasteiger partial charge is 0.228 e. The van der Waals surface area contributed by atoms with Crippen LogP contribution in [-0.2, 0) is 4.79 Å². The number of nitrogens with one attached hydrogen (secondary N) is 1. The van der Waals surface area contributed by atoms with Gasteiger partial charge in [-0.2, -0.15) is 0 Å². The molecule has 0 saturated heterocycles. The maximum atomic E-state index is 13.1. The Kier molecular flexibility index (Phi) is 3.75. The van der Waals surface area contributed by atoms with Gasteiger partial charge in [-0.05, 0) is 36.6 Å². The van der Waals surface area contributed by atoms with Gasteiger partial charge in [0.2, 0.25) is 5.91 Å². The van der Waals surface area contributed by atoms with Gasteiger partial charge >= 0.3 is 0 Å². The van der Waals surface area contributed by atoms with Crippen molar-refractivity contribution in [2.24, 2.45) is 11.8 Å². The molecule has 2 aromatic rings. The molecule has 1 unspecified atom stereocenters. The van der Waals surface area contributed by atoms with Gasteiger partial charge in [-0.3, -0.25) is 4.79 Å². The van der Waals surface area contributed by atoms with Gasteiger partial charge in [0.05, 0.1) is 6.20 Å². The molecule has 1 amide bonds. The molecule has 22 heavy (non-hydrogen) atoms. The van der Waals surface area contributed by atoms with Crippen LogP contribution in [0.5, 0.6) is 11.5 Å². The summed E-state index contributed by atoms with van der Waals surface area (Å²) in [6.45, 7) is 2.02. The van der Waals surface area contributed by atoms with Gasteiger partial charge in [0.25, 0.3) is 0 Å². The third kappa shape index (κ3) is 3.21. The molecule has 6 heteroatoms. The zero-order valence-corrected chi connectivity index (χ0v) is 11.8. The highest BCUT2D eigenvalue weighted by Gasteiger charge is 2.39. The average Bonchev–Trinajstić information content (AvgIpc) is 3.22. The highest BCUT2D eigenvalue weighted by atomic mass is 19.2. The van der Waals surface area contributed by atoms with Crippen LogP contribution in [0.15, 0.2) is 36.5 Å². The number of anilines is 1. The molecule has 0 aliphatic heterocycles. The molecule has 1 aliphatic rings. The summed E-state index contributed by atoms with van der Waals surface area (Å²) in [4.78, 5) is 15.8. The molecule has 114 valence electrons. The van der Waals surface area contributed by atoms with Gasteiger partial charge in [0, 0.05) is 12.0 Å². The monoisotopic (exact) mass is 304 g/mol. The van der Waals surface area contributed by atoms with Crippen molar-refractivity contribution in [3.05, 3.63) is 48.2 Å². The van der Waals surface area contributed by atoms with E-state index in [0.717, 1.165) is 18.6 Å². The van der Waals surface area contributed by atoms with Gasteiger partial charge < -0.3 is 10.1 Å². The fourth-order valence-corrected chi connectivity index (χ4v) is 2.10. The van der Waals surface area contributed by atoms with Crippen molar-refractivity contribution in [2.75, 3.05) is 5.32 Å². The molecule has 1 N–H and O–H groups in total. The second-order valence-corrected chi connectivity index (χ2v) is 5.37. The summed E-state index contributed by atoms with van der Waals surface area (Å²) < 4.78 is 31.3. The maximum Gasteiger partial charge on any atom is 0.228 e. The number of pyridine rings is 1. The third-order valence-corrected chi connectivity index (χ3v) is 3.56. The van der Waals surface area contributed by atoms with Crippen molar-refractivity contribution in [3.63, 3.8) is 0 Å². The number of nitrogens with zero attached hydrogens (tertiary/aromatic N) is 1. The number of aromatic nitrogens is 1. The Bertz CT molecular complexity index is 704. The van der Waals surface area contributed by atoms with Crippen LogP contribution in [0.4, 0.5) is 14.6 Å². The summed E-state index contributed by atoms with van der Waals surface area (Å²) in [6, 6.07) is 6.46. The lowest BCUT2D eigenvalue weighted by molar-refractivity contribution is -0.117. The molecule has 1 aromatic heterocycles. The molecule has 0 radical (unpaired) electrons.